The first kappa shape index (κ1) is 15.5. The Hall–Kier alpha value is -1.51. The molecule has 1 aromatic carbocycles. The zero-order valence-corrected chi connectivity index (χ0v) is 12.1. The van der Waals surface area contributed by atoms with Crippen molar-refractivity contribution in [3.63, 3.8) is 0 Å². The molecule has 0 radical (unpaired) electrons. The summed E-state index contributed by atoms with van der Waals surface area (Å²) in [4.78, 5) is 0. The summed E-state index contributed by atoms with van der Waals surface area (Å²) in [7, 11) is 3.86. The van der Waals surface area contributed by atoms with Crippen LogP contribution >= 0.6 is 0 Å². The molecule has 0 atom stereocenters. The van der Waals surface area contributed by atoms with E-state index in [9.17, 15) is 0 Å². The molecule has 3 heteroatoms. The van der Waals surface area contributed by atoms with E-state index >= 15 is 0 Å². The Balaban J connectivity index is 0.000000581. The highest BCUT2D eigenvalue weighted by Gasteiger charge is 2.04. The molecule has 0 spiro atoms. The lowest BCUT2D eigenvalue weighted by molar-refractivity contribution is 0.780. The highest BCUT2D eigenvalue weighted by Crippen LogP contribution is 2.22. The predicted molar refractivity (Wildman–Crippen MR) is 77.7 cm³/mol. The summed E-state index contributed by atoms with van der Waals surface area (Å²) in [5.41, 5.74) is 3.39. The van der Waals surface area contributed by atoms with Crippen LogP contribution in [0, 0.1) is 6.92 Å². The maximum absolute atomic E-state index is 4.38. The highest BCUT2D eigenvalue weighted by molar-refractivity contribution is 5.90. The van der Waals surface area contributed by atoms with Gasteiger partial charge in [0.25, 0.3) is 0 Å². The number of aromatic nitrogens is 2. The zero-order chi connectivity index (χ0) is 13.4. The Morgan fingerprint density at radius 1 is 1.12 bits per heavy atom. The molecule has 1 heterocycles. The number of nitrogens with zero attached hydrogens (tertiary/aromatic N) is 2. The molecule has 0 aliphatic carbocycles. The van der Waals surface area contributed by atoms with Gasteiger partial charge in [-0.05, 0) is 24.6 Å². The molecular formula is C14H25N3. The first-order chi connectivity index (χ1) is 8.20. The van der Waals surface area contributed by atoms with E-state index in [0.717, 1.165) is 11.2 Å². The molecule has 2 rings (SSSR count). The van der Waals surface area contributed by atoms with Crippen molar-refractivity contribution in [3.8, 4) is 0 Å². The van der Waals surface area contributed by atoms with E-state index in [1.54, 1.807) is 0 Å². The molecule has 1 N–H and O–H groups in total. The Morgan fingerprint density at radius 2 is 1.71 bits per heavy atom. The van der Waals surface area contributed by atoms with Crippen molar-refractivity contribution in [2.24, 2.45) is 7.05 Å². The fourth-order valence-corrected chi connectivity index (χ4v) is 1.60. The minimum absolute atomic E-state index is 1.04. The lowest BCUT2D eigenvalue weighted by Crippen LogP contribution is -1.91. The van der Waals surface area contributed by atoms with Crippen LogP contribution in [0.3, 0.4) is 0 Å². The quantitative estimate of drug-likeness (QED) is 0.810. The monoisotopic (exact) mass is 235 g/mol. The number of benzene rings is 1. The van der Waals surface area contributed by atoms with Gasteiger partial charge in [0.15, 0.2) is 0 Å². The van der Waals surface area contributed by atoms with Crippen molar-refractivity contribution in [1.82, 2.24) is 9.78 Å². The number of rotatable bonds is 1. The third-order valence-corrected chi connectivity index (χ3v) is 2.14. The SMILES string of the molecule is CC.CC.CNc1cc(C)cc2cn(C)nc12. The molecule has 0 aliphatic heterocycles. The molecule has 17 heavy (non-hydrogen) atoms. The van der Waals surface area contributed by atoms with Gasteiger partial charge in [0.1, 0.15) is 5.52 Å². The van der Waals surface area contributed by atoms with Gasteiger partial charge in [-0.2, -0.15) is 5.10 Å². The van der Waals surface area contributed by atoms with E-state index in [4.69, 9.17) is 0 Å². The molecular weight excluding hydrogens is 210 g/mol. The van der Waals surface area contributed by atoms with Gasteiger partial charge in [0.2, 0.25) is 0 Å². The summed E-state index contributed by atoms with van der Waals surface area (Å²) >= 11 is 0. The maximum Gasteiger partial charge on any atom is 0.115 e. The lowest BCUT2D eigenvalue weighted by atomic mass is 10.1. The number of fused-ring (bicyclic) bond motifs is 1. The third-order valence-electron chi connectivity index (χ3n) is 2.14. The Morgan fingerprint density at radius 3 is 2.24 bits per heavy atom. The van der Waals surface area contributed by atoms with Crippen molar-refractivity contribution in [3.05, 3.63) is 23.9 Å². The predicted octanol–water partition coefficient (Wildman–Crippen LogP) is 3.98. The van der Waals surface area contributed by atoms with E-state index in [0.29, 0.717) is 0 Å². The summed E-state index contributed by atoms with van der Waals surface area (Å²) in [5.74, 6) is 0. The fourth-order valence-electron chi connectivity index (χ4n) is 1.60. The summed E-state index contributed by atoms with van der Waals surface area (Å²) in [6.45, 7) is 10.1. The number of hydrogen-bond acceptors (Lipinski definition) is 2. The van der Waals surface area contributed by atoms with Gasteiger partial charge in [-0.25, -0.2) is 0 Å². The maximum atomic E-state index is 4.38. The van der Waals surface area contributed by atoms with E-state index < -0.39 is 0 Å². The molecule has 3 nitrogen and oxygen atoms in total. The molecule has 0 saturated heterocycles. The van der Waals surface area contributed by atoms with Crippen molar-refractivity contribution < 1.29 is 0 Å². The highest BCUT2D eigenvalue weighted by atomic mass is 15.2. The average molecular weight is 235 g/mol. The number of nitrogens with one attached hydrogen (secondary N) is 1. The molecule has 0 aliphatic rings. The van der Waals surface area contributed by atoms with Gasteiger partial charge >= 0.3 is 0 Å². The summed E-state index contributed by atoms with van der Waals surface area (Å²) in [6.07, 6.45) is 2.03. The van der Waals surface area contributed by atoms with Crippen LogP contribution in [-0.4, -0.2) is 16.8 Å². The Bertz CT molecular complexity index is 444. The van der Waals surface area contributed by atoms with Crippen LogP contribution in [0.4, 0.5) is 5.69 Å². The standard InChI is InChI=1S/C10H13N3.2C2H6/c1-7-4-8-6-13(3)12-10(8)9(5-7)11-2;2*1-2/h4-6,11H,1-3H3;2*1-2H3. The fraction of sp³-hybridized carbons (Fsp3) is 0.500. The largest absolute Gasteiger partial charge is 0.386 e. The second-order valence-corrected chi connectivity index (χ2v) is 3.30. The van der Waals surface area contributed by atoms with Gasteiger partial charge in [-0.1, -0.05) is 27.7 Å². The van der Waals surface area contributed by atoms with Crippen molar-refractivity contribution in [2.45, 2.75) is 34.6 Å². The molecule has 0 fully saturated rings. The van der Waals surface area contributed by atoms with Crippen LogP contribution in [0.25, 0.3) is 10.9 Å². The molecule has 0 saturated carbocycles. The zero-order valence-electron chi connectivity index (χ0n) is 12.1. The minimum Gasteiger partial charge on any atom is -0.386 e. The average Bonchev–Trinajstić information content (AvgIpc) is 2.73. The van der Waals surface area contributed by atoms with Gasteiger partial charge < -0.3 is 5.32 Å². The van der Waals surface area contributed by atoms with Gasteiger partial charge in [0, 0.05) is 25.7 Å². The normalized spacial score (nSPS) is 8.88. The minimum atomic E-state index is 1.04. The van der Waals surface area contributed by atoms with Crippen LogP contribution < -0.4 is 5.32 Å². The summed E-state index contributed by atoms with van der Waals surface area (Å²) < 4.78 is 1.84. The lowest BCUT2D eigenvalue weighted by Gasteiger charge is -2.01. The third kappa shape index (κ3) is 3.77. The van der Waals surface area contributed by atoms with Crippen LogP contribution in [0.1, 0.15) is 33.3 Å². The van der Waals surface area contributed by atoms with E-state index in [1.165, 1.54) is 10.9 Å². The molecule has 96 valence electrons. The molecule has 0 amide bonds. The first-order valence-corrected chi connectivity index (χ1v) is 6.32. The number of anilines is 1. The molecule has 2 aromatic rings. The van der Waals surface area contributed by atoms with Gasteiger partial charge in [0.05, 0.1) is 5.69 Å². The molecule has 0 unspecified atom stereocenters. The first-order valence-electron chi connectivity index (χ1n) is 6.32. The second kappa shape index (κ2) is 7.71. The topological polar surface area (TPSA) is 29.9 Å². The van der Waals surface area contributed by atoms with Crippen molar-refractivity contribution >= 4 is 16.6 Å². The smallest absolute Gasteiger partial charge is 0.115 e. The number of hydrogen-bond donors (Lipinski definition) is 1. The summed E-state index contributed by atoms with van der Waals surface area (Å²) in [5, 5.41) is 8.71. The molecule has 0 bridgehead atoms. The van der Waals surface area contributed by atoms with Crippen LogP contribution in [0.5, 0.6) is 0 Å². The van der Waals surface area contributed by atoms with E-state index in [2.05, 4.69) is 29.5 Å². The van der Waals surface area contributed by atoms with Gasteiger partial charge in [-0.15, -0.1) is 0 Å². The second-order valence-electron chi connectivity index (χ2n) is 3.30. The number of aryl methyl sites for hydroxylation is 2. The Labute approximate surface area is 105 Å². The van der Waals surface area contributed by atoms with E-state index in [-0.39, 0.29) is 0 Å². The summed E-state index contributed by atoms with van der Waals surface area (Å²) in [6, 6.07) is 4.25. The van der Waals surface area contributed by atoms with Crippen molar-refractivity contribution in [2.75, 3.05) is 12.4 Å². The van der Waals surface area contributed by atoms with Crippen LogP contribution in [-0.2, 0) is 7.05 Å². The van der Waals surface area contributed by atoms with Crippen LogP contribution in [0.2, 0.25) is 0 Å². The van der Waals surface area contributed by atoms with E-state index in [1.807, 2.05) is 52.7 Å². The molecule has 1 aromatic heterocycles. The van der Waals surface area contributed by atoms with Crippen LogP contribution in [0.15, 0.2) is 18.3 Å². The van der Waals surface area contributed by atoms with Gasteiger partial charge in [-0.3, -0.25) is 4.68 Å². The van der Waals surface area contributed by atoms with Crippen molar-refractivity contribution in [1.29, 1.82) is 0 Å². The Kier molecular flexibility index (Phi) is 7.03.